The van der Waals surface area contributed by atoms with E-state index in [9.17, 15) is 14.0 Å². The number of pyridine rings is 2. The maximum atomic E-state index is 13.0. The molecule has 8 nitrogen and oxygen atoms in total. The second-order valence-electron chi connectivity index (χ2n) is 13.8. The molecule has 54 heavy (non-hydrogen) atoms. The Hall–Kier alpha value is -5.25. The molecule has 2 aromatic heterocycles. The van der Waals surface area contributed by atoms with Gasteiger partial charge in [0.05, 0.1) is 11.0 Å². The summed E-state index contributed by atoms with van der Waals surface area (Å²) in [5, 5.41) is 9.81. The molecule has 2 N–H and O–H groups in total. The molecular weight excluding hydrogens is 722 g/mol. The number of nitrogens with one attached hydrogen (secondary N) is 2. The van der Waals surface area contributed by atoms with Gasteiger partial charge in [0.15, 0.2) is 0 Å². The van der Waals surface area contributed by atoms with Gasteiger partial charge in [0.25, 0.3) is 11.8 Å². The monoisotopic (exact) mass is 762 g/mol. The van der Waals surface area contributed by atoms with Gasteiger partial charge in [0, 0.05) is 94.0 Å². The molecule has 0 aliphatic carbocycles. The molecule has 2 aliphatic heterocycles. The third kappa shape index (κ3) is 8.92. The summed E-state index contributed by atoms with van der Waals surface area (Å²) in [4.78, 5) is 38.3. The molecule has 0 radical (unpaired) electrons. The normalized spacial score (nSPS) is 15.1. The lowest BCUT2D eigenvalue weighted by atomic mass is 10.0. The smallest absolute Gasteiger partial charge is 0.251 e. The quantitative estimate of drug-likeness (QED) is 0.176. The topological polar surface area (TPSA) is 90.5 Å². The number of halogens is 3. The number of carbonyl (C=O) groups is 2. The van der Waals surface area contributed by atoms with Crippen LogP contribution in [0.5, 0.6) is 0 Å². The second-order valence-corrected chi connectivity index (χ2v) is 14.7. The fourth-order valence-electron chi connectivity index (χ4n) is 7.22. The molecular formula is C43H41Cl2FN6O2. The zero-order chi connectivity index (χ0) is 37.6. The molecule has 6 aromatic rings. The lowest BCUT2D eigenvalue weighted by Crippen LogP contribution is -2.44. The Kier molecular flexibility index (Phi) is 11.6. The van der Waals surface area contributed by atoms with Crippen molar-refractivity contribution in [2.75, 3.05) is 36.0 Å². The van der Waals surface area contributed by atoms with E-state index in [0.29, 0.717) is 15.6 Å². The van der Waals surface area contributed by atoms with Crippen molar-refractivity contribution in [3.63, 3.8) is 0 Å². The van der Waals surface area contributed by atoms with Gasteiger partial charge in [-0.25, -0.2) is 4.39 Å². The molecule has 0 atom stereocenters. The Morgan fingerprint density at radius 1 is 0.630 bits per heavy atom. The van der Waals surface area contributed by atoms with E-state index in [1.165, 1.54) is 30.0 Å². The SMILES string of the molecule is Cc1cccc(C(=O)NC2CCN(c3ccnc4cc(Cl)ccc34)CC2)c1.O=C(NC1CCN(c2ccnc3cc(Cl)ccc23)CC1)c1ccc(F)cc1. The molecule has 0 unspecified atom stereocenters. The summed E-state index contributed by atoms with van der Waals surface area (Å²) >= 11 is 12.2. The van der Waals surface area contributed by atoms with Crippen LogP contribution >= 0.6 is 23.2 Å². The molecule has 0 bridgehead atoms. The standard InChI is InChI=1S/C22H22ClN3O.C21H19ClFN3O/c1-15-3-2-4-16(13-15)22(27)25-18-8-11-26(12-9-18)21-7-10-24-20-14-17(23)5-6-19(20)21;22-15-3-6-18-19(13-15)24-10-7-20(18)26-11-8-17(9-12-26)25-21(27)14-1-4-16(23)5-2-14/h2-7,10,13-14,18H,8-9,11-12H2,1H3,(H,25,27);1-7,10,13,17H,8-9,11-12H2,(H,25,27). The number of benzene rings is 4. The van der Waals surface area contributed by atoms with Crippen LogP contribution in [0.4, 0.5) is 15.8 Å². The van der Waals surface area contributed by atoms with Crippen LogP contribution in [0.1, 0.15) is 52.0 Å². The highest BCUT2D eigenvalue weighted by atomic mass is 35.5. The summed E-state index contributed by atoms with van der Waals surface area (Å²) in [5.41, 5.74) is 6.43. The molecule has 2 saturated heterocycles. The number of aromatic nitrogens is 2. The molecule has 0 spiro atoms. The predicted octanol–water partition coefficient (Wildman–Crippen LogP) is 9.02. The van der Waals surface area contributed by atoms with Crippen molar-refractivity contribution in [2.45, 2.75) is 44.7 Å². The lowest BCUT2D eigenvalue weighted by Gasteiger charge is -2.34. The third-order valence-corrected chi connectivity index (χ3v) is 10.6. The van der Waals surface area contributed by atoms with E-state index in [-0.39, 0.29) is 29.7 Å². The van der Waals surface area contributed by atoms with Crippen LogP contribution in [0.15, 0.2) is 109 Å². The van der Waals surface area contributed by atoms with Crippen molar-refractivity contribution >= 4 is 68.2 Å². The highest BCUT2D eigenvalue weighted by molar-refractivity contribution is 6.31. The van der Waals surface area contributed by atoms with E-state index in [1.807, 2.05) is 79.9 Å². The first kappa shape index (κ1) is 37.1. The van der Waals surface area contributed by atoms with E-state index >= 15 is 0 Å². The van der Waals surface area contributed by atoms with Crippen molar-refractivity contribution in [1.82, 2.24) is 20.6 Å². The Balaban J connectivity index is 0.000000167. The van der Waals surface area contributed by atoms with E-state index in [1.54, 1.807) is 6.20 Å². The molecule has 0 saturated carbocycles. The fraction of sp³-hybridized carbons (Fsp3) is 0.256. The molecule has 276 valence electrons. The Labute approximate surface area is 324 Å². The summed E-state index contributed by atoms with van der Waals surface area (Å²) < 4.78 is 13.0. The largest absolute Gasteiger partial charge is 0.371 e. The Bertz CT molecular complexity index is 2270. The average Bonchev–Trinajstić information content (AvgIpc) is 3.18. The fourth-order valence-corrected chi connectivity index (χ4v) is 7.55. The summed E-state index contributed by atoms with van der Waals surface area (Å²) in [7, 11) is 0. The molecule has 8 rings (SSSR count). The zero-order valence-electron chi connectivity index (χ0n) is 29.9. The minimum Gasteiger partial charge on any atom is -0.371 e. The number of anilines is 2. The summed E-state index contributed by atoms with van der Waals surface area (Å²) in [5.74, 6) is -0.482. The van der Waals surface area contributed by atoms with Crippen LogP contribution < -0.4 is 20.4 Å². The van der Waals surface area contributed by atoms with Gasteiger partial charge in [-0.15, -0.1) is 0 Å². The highest BCUT2D eigenvalue weighted by Gasteiger charge is 2.24. The predicted molar refractivity (Wildman–Crippen MR) is 216 cm³/mol. The summed E-state index contributed by atoms with van der Waals surface area (Å²) in [6.07, 6.45) is 7.19. The third-order valence-electron chi connectivity index (χ3n) is 10.1. The highest BCUT2D eigenvalue weighted by Crippen LogP contribution is 2.31. The number of aryl methyl sites for hydroxylation is 1. The van der Waals surface area contributed by atoms with Crippen molar-refractivity contribution in [2.24, 2.45) is 0 Å². The molecule has 11 heteroatoms. The molecule has 4 aromatic carbocycles. The van der Waals surface area contributed by atoms with Gasteiger partial charge >= 0.3 is 0 Å². The van der Waals surface area contributed by atoms with Crippen LogP contribution in [0, 0.1) is 12.7 Å². The number of hydrogen-bond acceptors (Lipinski definition) is 6. The number of nitrogens with zero attached hydrogens (tertiary/aromatic N) is 4. The molecule has 2 amide bonds. The Morgan fingerprint density at radius 2 is 1.11 bits per heavy atom. The van der Waals surface area contributed by atoms with E-state index in [4.69, 9.17) is 23.2 Å². The van der Waals surface area contributed by atoms with Crippen LogP contribution in [0.25, 0.3) is 21.8 Å². The van der Waals surface area contributed by atoms with Crippen LogP contribution in [0.2, 0.25) is 10.0 Å². The summed E-state index contributed by atoms with van der Waals surface area (Å²) in [6, 6.07) is 29.3. The number of piperidine rings is 2. The molecule has 2 fully saturated rings. The van der Waals surface area contributed by atoms with Gasteiger partial charge < -0.3 is 20.4 Å². The van der Waals surface area contributed by atoms with E-state index in [2.05, 4.69) is 36.5 Å². The second kappa shape index (κ2) is 16.8. The van der Waals surface area contributed by atoms with Crippen LogP contribution in [-0.2, 0) is 0 Å². The number of carbonyl (C=O) groups excluding carboxylic acids is 2. The summed E-state index contributed by atoms with van der Waals surface area (Å²) in [6.45, 7) is 5.49. The van der Waals surface area contributed by atoms with Gasteiger partial charge in [-0.1, -0.05) is 40.9 Å². The number of hydrogen-bond donors (Lipinski definition) is 2. The number of rotatable bonds is 6. The maximum absolute atomic E-state index is 13.0. The minimum atomic E-state index is -0.342. The molecule has 4 heterocycles. The van der Waals surface area contributed by atoms with Gasteiger partial charge in [0.1, 0.15) is 5.82 Å². The zero-order valence-corrected chi connectivity index (χ0v) is 31.5. The first-order valence-electron chi connectivity index (χ1n) is 18.2. The van der Waals surface area contributed by atoms with Crippen LogP contribution in [-0.4, -0.2) is 60.0 Å². The van der Waals surface area contributed by atoms with Crippen molar-refractivity contribution in [3.8, 4) is 0 Å². The van der Waals surface area contributed by atoms with Gasteiger partial charge in [-0.2, -0.15) is 0 Å². The van der Waals surface area contributed by atoms with Crippen molar-refractivity contribution in [1.29, 1.82) is 0 Å². The first-order valence-corrected chi connectivity index (χ1v) is 19.0. The van der Waals surface area contributed by atoms with E-state index in [0.717, 1.165) is 90.5 Å². The first-order chi connectivity index (χ1) is 26.2. The minimum absolute atomic E-state index is 0.0150. The molecule has 2 aliphatic rings. The Morgan fingerprint density at radius 3 is 1.59 bits per heavy atom. The van der Waals surface area contributed by atoms with Gasteiger partial charge in [-0.3, -0.25) is 19.6 Å². The van der Waals surface area contributed by atoms with Crippen LogP contribution in [0.3, 0.4) is 0 Å². The van der Waals surface area contributed by atoms with Crippen molar-refractivity contribution < 1.29 is 14.0 Å². The average molecular weight is 764 g/mol. The number of amides is 2. The maximum Gasteiger partial charge on any atom is 0.251 e. The van der Waals surface area contributed by atoms with Gasteiger partial charge in [0.2, 0.25) is 0 Å². The number of fused-ring (bicyclic) bond motifs is 2. The lowest BCUT2D eigenvalue weighted by molar-refractivity contribution is 0.0922. The van der Waals surface area contributed by atoms with Crippen molar-refractivity contribution in [3.05, 3.63) is 142 Å². The van der Waals surface area contributed by atoms with Gasteiger partial charge in [-0.05, 0) is 118 Å². The van der Waals surface area contributed by atoms with E-state index < -0.39 is 0 Å².